The minimum Gasteiger partial charge on any atom is -0.497 e. The average molecular weight is 343 g/mol. The lowest BCUT2D eigenvalue weighted by atomic mass is 10.2. The molecule has 0 bridgehead atoms. The number of anilines is 2. The van der Waals surface area contributed by atoms with Gasteiger partial charge in [0.15, 0.2) is 4.34 Å². The summed E-state index contributed by atoms with van der Waals surface area (Å²) in [5, 5.41) is 12.5. The smallest absolute Gasteiger partial charge is 0.210 e. The van der Waals surface area contributed by atoms with Gasteiger partial charge in [-0.2, -0.15) is 0 Å². The van der Waals surface area contributed by atoms with E-state index in [1.807, 2.05) is 24.3 Å². The van der Waals surface area contributed by atoms with Gasteiger partial charge in [0.1, 0.15) is 5.75 Å². The van der Waals surface area contributed by atoms with E-state index in [4.69, 9.17) is 4.74 Å². The second-order valence-corrected chi connectivity index (χ2v) is 7.20. The molecule has 1 aromatic heterocycles. The zero-order valence-electron chi connectivity index (χ0n) is 12.9. The number of aryl methyl sites for hydroxylation is 1. The molecular formula is C17H17N3OS2. The predicted octanol–water partition coefficient (Wildman–Crippen LogP) is 4.89. The Labute approximate surface area is 143 Å². The number of rotatable bonds is 6. The zero-order valence-corrected chi connectivity index (χ0v) is 14.6. The van der Waals surface area contributed by atoms with Gasteiger partial charge in [-0.3, -0.25) is 0 Å². The van der Waals surface area contributed by atoms with Crippen molar-refractivity contribution >= 4 is 33.9 Å². The number of ether oxygens (including phenoxy) is 1. The van der Waals surface area contributed by atoms with Gasteiger partial charge in [-0.05, 0) is 24.6 Å². The molecule has 23 heavy (non-hydrogen) atoms. The van der Waals surface area contributed by atoms with Gasteiger partial charge < -0.3 is 10.1 Å². The molecule has 0 saturated heterocycles. The van der Waals surface area contributed by atoms with E-state index in [0.717, 1.165) is 26.7 Å². The Morgan fingerprint density at radius 2 is 1.96 bits per heavy atom. The van der Waals surface area contributed by atoms with E-state index in [1.54, 1.807) is 30.2 Å². The van der Waals surface area contributed by atoms with Crippen LogP contribution in [0.5, 0.6) is 5.75 Å². The second kappa shape index (κ2) is 7.48. The molecule has 2 aromatic carbocycles. The molecule has 3 aromatic rings. The van der Waals surface area contributed by atoms with Gasteiger partial charge in [0.05, 0.1) is 7.11 Å². The Hall–Kier alpha value is -2.05. The highest BCUT2D eigenvalue weighted by Crippen LogP contribution is 2.30. The van der Waals surface area contributed by atoms with Crippen LogP contribution in [0.1, 0.15) is 11.1 Å². The number of nitrogens with one attached hydrogen (secondary N) is 1. The molecule has 0 radical (unpaired) electrons. The van der Waals surface area contributed by atoms with Crippen LogP contribution in [0.4, 0.5) is 10.8 Å². The van der Waals surface area contributed by atoms with Crippen molar-refractivity contribution in [2.45, 2.75) is 17.0 Å². The summed E-state index contributed by atoms with van der Waals surface area (Å²) in [6.45, 7) is 2.10. The summed E-state index contributed by atoms with van der Waals surface area (Å²) in [5.41, 5.74) is 3.51. The van der Waals surface area contributed by atoms with Gasteiger partial charge >= 0.3 is 0 Å². The van der Waals surface area contributed by atoms with Gasteiger partial charge in [-0.15, -0.1) is 10.2 Å². The fraction of sp³-hybridized carbons (Fsp3) is 0.176. The molecule has 0 unspecified atom stereocenters. The van der Waals surface area contributed by atoms with Crippen LogP contribution in [0.15, 0.2) is 52.9 Å². The van der Waals surface area contributed by atoms with Crippen LogP contribution in [0.2, 0.25) is 0 Å². The molecule has 0 spiro atoms. The SMILES string of the molecule is COc1cccc(Nc2nnc(SCc3ccc(C)cc3)s2)c1. The molecule has 0 aliphatic carbocycles. The number of nitrogens with zero attached hydrogens (tertiary/aromatic N) is 2. The molecule has 6 heteroatoms. The number of hydrogen-bond acceptors (Lipinski definition) is 6. The first kappa shape index (κ1) is 15.8. The highest BCUT2D eigenvalue weighted by atomic mass is 32.2. The molecule has 0 amide bonds. The van der Waals surface area contributed by atoms with Crippen LogP contribution in [-0.2, 0) is 5.75 Å². The molecule has 118 valence electrons. The number of thioether (sulfide) groups is 1. The van der Waals surface area contributed by atoms with Crippen molar-refractivity contribution in [3.63, 3.8) is 0 Å². The van der Waals surface area contributed by atoms with Crippen LogP contribution in [0.3, 0.4) is 0 Å². The predicted molar refractivity (Wildman–Crippen MR) is 96.9 cm³/mol. The van der Waals surface area contributed by atoms with Crippen LogP contribution < -0.4 is 10.1 Å². The normalized spacial score (nSPS) is 10.5. The largest absolute Gasteiger partial charge is 0.497 e. The first-order valence-corrected chi connectivity index (χ1v) is 8.96. The third-order valence-corrected chi connectivity index (χ3v) is 5.25. The summed E-state index contributed by atoms with van der Waals surface area (Å²) in [5.74, 6) is 1.71. The Bertz CT molecular complexity index is 772. The van der Waals surface area contributed by atoms with Crippen molar-refractivity contribution in [3.8, 4) is 5.75 Å². The number of hydrogen-bond donors (Lipinski definition) is 1. The second-order valence-electron chi connectivity index (χ2n) is 5.00. The molecule has 1 heterocycles. The molecule has 3 rings (SSSR count). The van der Waals surface area contributed by atoms with E-state index in [0.29, 0.717) is 0 Å². The minimum atomic E-state index is 0.782. The summed E-state index contributed by atoms with van der Waals surface area (Å²) >= 11 is 3.25. The van der Waals surface area contributed by atoms with Gasteiger partial charge in [-0.25, -0.2) is 0 Å². The summed E-state index contributed by atoms with van der Waals surface area (Å²) < 4.78 is 6.17. The zero-order chi connectivity index (χ0) is 16.1. The fourth-order valence-electron chi connectivity index (χ4n) is 1.97. The maximum absolute atomic E-state index is 5.22. The highest BCUT2D eigenvalue weighted by Gasteiger charge is 2.06. The molecule has 0 aliphatic heterocycles. The molecular weight excluding hydrogens is 326 g/mol. The van der Waals surface area contributed by atoms with Crippen molar-refractivity contribution in [1.82, 2.24) is 10.2 Å². The van der Waals surface area contributed by atoms with E-state index >= 15 is 0 Å². The Balaban J connectivity index is 1.60. The fourth-order valence-corrected chi connectivity index (χ4v) is 3.70. The third kappa shape index (κ3) is 4.46. The summed E-state index contributed by atoms with van der Waals surface area (Å²) in [4.78, 5) is 0. The minimum absolute atomic E-state index is 0.782. The van der Waals surface area contributed by atoms with E-state index in [1.165, 1.54) is 11.1 Å². The maximum atomic E-state index is 5.22. The highest BCUT2D eigenvalue weighted by molar-refractivity contribution is 8.00. The Morgan fingerprint density at radius 3 is 2.74 bits per heavy atom. The molecule has 1 N–H and O–H groups in total. The summed E-state index contributed by atoms with van der Waals surface area (Å²) in [6, 6.07) is 16.3. The molecule has 4 nitrogen and oxygen atoms in total. The average Bonchev–Trinajstić information content (AvgIpc) is 3.02. The van der Waals surface area contributed by atoms with Crippen molar-refractivity contribution < 1.29 is 4.74 Å². The van der Waals surface area contributed by atoms with E-state index in [2.05, 4.69) is 46.7 Å². The van der Waals surface area contributed by atoms with Crippen molar-refractivity contribution in [3.05, 3.63) is 59.7 Å². The first-order valence-electron chi connectivity index (χ1n) is 7.16. The lowest BCUT2D eigenvalue weighted by Gasteiger charge is -2.04. The van der Waals surface area contributed by atoms with Gasteiger partial charge in [0.2, 0.25) is 5.13 Å². The third-order valence-electron chi connectivity index (χ3n) is 3.21. The number of methoxy groups -OCH3 is 1. The topological polar surface area (TPSA) is 47.0 Å². The quantitative estimate of drug-likeness (QED) is 0.646. The molecule has 0 fully saturated rings. The van der Waals surface area contributed by atoms with Crippen LogP contribution in [-0.4, -0.2) is 17.3 Å². The van der Waals surface area contributed by atoms with Gasteiger partial charge in [0.25, 0.3) is 0 Å². The van der Waals surface area contributed by atoms with E-state index in [-0.39, 0.29) is 0 Å². The lowest BCUT2D eigenvalue weighted by molar-refractivity contribution is 0.415. The van der Waals surface area contributed by atoms with Crippen LogP contribution in [0.25, 0.3) is 0 Å². The monoisotopic (exact) mass is 343 g/mol. The first-order chi connectivity index (χ1) is 11.2. The Kier molecular flexibility index (Phi) is 5.15. The summed E-state index contributed by atoms with van der Waals surface area (Å²) in [7, 11) is 1.66. The van der Waals surface area contributed by atoms with Crippen LogP contribution in [0, 0.1) is 6.92 Å². The van der Waals surface area contributed by atoms with Gasteiger partial charge in [-0.1, -0.05) is 59.0 Å². The summed E-state index contributed by atoms with van der Waals surface area (Å²) in [6.07, 6.45) is 0. The molecule has 0 aliphatic rings. The maximum Gasteiger partial charge on any atom is 0.210 e. The van der Waals surface area contributed by atoms with E-state index < -0.39 is 0 Å². The number of benzene rings is 2. The standard InChI is InChI=1S/C17H17N3OS2/c1-12-6-8-13(9-7-12)11-22-17-20-19-16(23-17)18-14-4-3-5-15(10-14)21-2/h3-10H,11H2,1-2H3,(H,18,19). The van der Waals surface area contributed by atoms with Crippen molar-refractivity contribution in [2.75, 3.05) is 12.4 Å². The lowest BCUT2D eigenvalue weighted by Crippen LogP contribution is -1.90. The van der Waals surface area contributed by atoms with Crippen LogP contribution >= 0.6 is 23.1 Å². The molecule has 0 atom stereocenters. The Morgan fingerprint density at radius 1 is 1.13 bits per heavy atom. The molecule has 0 saturated carbocycles. The number of aromatic nitrogens is 2. The van der Waals surface area contributed by atoms with Crippen molar-refractivity contribution in [2.24, 2.45) is 0 Å². The van der Waals surface area contributed by atoms with Gasteiger partial charge in [0, 0.05) is 17.5 Å². The van der Waals surface area contributed by atoms with Crippen molar-refractivity contribution in [1.29, 1.82) is 0 Å². The van der Waals surface area contributed by atoms with E-state index in [9.17, 15) is 0 Å².